The lowest BCUT2D eigenvalue weighted by atomic mass is 10.1. The number of aryl methyl sites for hydroxylation is 2. The molecule has 1 N–H and O–H groups in total. The number of esters is 1. The van der Waals surface area contributed by atoms with Crippen LogP contribution in [0.4, 0.5) is 0 Å². The van der Waals surface area contributed by atoms with Crippen LogP contribution in [-0.2, 0) is 9.53 Å². The second kappa shape index (κ2) is 7.17. The second-order valence-corrected chi connectivity index (χ2v) is 5.64. The molecular formula is C17H21N3O3. The Morgan fingerprint density at radius 1 is 1.13 bits per heavy atom. The van der Waals surface area contributed by atoms with Crippen LogP contribution < -0.4 is 5.32 Å². The zero-order valence-corrected chi connectivity index (χ0v) is 13.8. The van der Waals surface area contributed by atoms with Gasteiger partial charge in [-0.2, -0.15) is 0 Å². The van der Waals surface area contributed by atoms with Gasteiger partial charge in [0.15, 0.2) is 0 Å². The molecule has 122 valence electrons. The van der Waals surface area contributed by atoms with Crippen LogP contribution in [0.5, 0.6) is 0 Å². The zero-order valence-electron chi connectivity index (χ0n) is 13.8. The van der Waals surface area contributed by atoms with E-state index in [1.165, 1.54) is 0 Å². The number of benzene rings is 1. The lowest BCUT2D eigenvalue weighted by molar-refractivity contribution is -0.147. The van der Waals surface area contributed by atoms with Crippen molar-refractivity contribution in [1.82, 2.24) is 15.3 Å². The Labute approximate surface area is 135 Å². The Hall–Kier alpha value is -2.50. The molecule has 1 heterocycles. The van der Waals surface area contributed by atoms with Gasteiger partial charge in [-0.05, 0) is 45.9 Å². The maximum atomic E-state index is 12.1. The number of hydrogen-bond acceptors (Lipinski definition) is 5. The second-order valence-electron chi connectivity index (χ2n) is 5.64. The van der Waals surface area contributed by atoms with Crippen LogP contribution in [0.2, 0.25) is 0 Å². The highest BCUT2D eigenvalue weighted by molar-refractivity contribution is 5.97. The molecular weight excluding hydrogens is 294 g/mol. The van der Waals surface area contributed by atoms with E-state index in [2.05, 4.69) is 15.3 Å². The first kappa shape index (κ1) is 16.9. The van der Waals surface area contributed by atoms with Crippen molar-refractivity contribution in [3.63, 3.8) is 0 Å². The highest BCUT2D eigenvalue weighted by Gasteiger charge is 2.10. The molecule has 1 amide bonds. The number of hydrogen-bond donors (Lipinski definition) is 1. The van der Waals surface area contributed by atoms with Crippen molar-refractivity contribution in [3.05, 3.63) is 35.2 Å². The average molecular weight is 315 g/mol. The molecule has 0 aliphatic rings. The summed E-state index contributed by atoms with van der Waals surface area (Å²) in [5, 5.41) is 2.71. The van der Waals surface area contributed by atoms with E-state index in [9.17, 15) is 9.59 Å². The maximum Gasteiger partial charge on any atom is 0.307 e. The van der Waals surface area contributed by atoms with Crippen LogP contribution in [0.1, 0.15) is 42.0 Å². The van der Waals surface area contributed by atoms with Crippen molar-refractivity contribution in [1.29, 1.82) is 0 Å². The third kappa shape index (κ3) is 4.48. The third-order valence-electron chi connectivity index (χ3n) is 3.32. The van der Waals surface area contributed by atoms with Gasteiger partial charge in [-0.1, -0.05) is 0 Å². The van der Waals surface area contributed by atoms with E-state index >= 15 is 0 Å². The van der Waals surface area contributed by atoms with Crippen molar-refractivity contribution in [2.24, 2.45) is 0 Å². The topological polar surface area (TPSA) is 81.2 Å². The molecule has 2 aromatic rings. The Morgan fingerprint density at radius 3 is 2.43 bits per heavy atom. The standard InChI is InChI=1S/C17H21N3O3/c1-10(2)23-16(21)7-8-18-17(22)13-5-6-14-15(9-13)20-12(4)11(3)19-14/h5-6,9-10H,7-8H2,1-4H3,(H,18,22). The van der Waals surface area contributed by atoms with E-state index in [1.807, 2.05) is 13.8 Å². The summed E-state index contributed by atoms with van der Waals surface area (Å²) in [5.41, 5.74) is 3.64. The number of aromatic nitrogens is 2. The molecule has 2 rings (SSSR count). The van der Waals surface area contributed by atoms with Crippen molar-refractivity contribution in [2.45, 2.75) is 40.2 Å². The number of carbonyl (C=O) groups is 2. The number of carbonyl (C=O) groups excluding carboxylic acids is 2. The molecule has 6 nitrogen and oxygen atoms in total. The molecule has 1 aromatic carbocycles. The van der Waals surface area contributed by atoms with E-state index in [1.54, 1.807) is 32.0 Å². The fourth-order valence-corrected chi connectivity index (χ4v) is 2.07. The van der Waals surface area contributed by atoms with Gasteiger partial charge in [0.05, 0.1) is 34.9 Å². The summed E-state index contributed by atoms with van der Waals surface area (Å²) in [7, 11) is 0. The van der Waals surface area contributed by atoms with E-state index < -0.39 is 0 Å². The summed E-state index contributed by atoms with van der Waals surface area (Å²) in [6.45, 7) is 7.60. The number of nitrogens with one attached hydrogen (secondary N) is 1. The first-order valence-corrected chi connectivity index (χ1v) is 7.59. The van der Waals surface area contributed by atoms with Crippen LogP contribution >= 0.6 is 0 Å². The van der Waals surface area contributed by atoms with E-state index in [-0.39, 0.29) is 30.9 Å². The molecule has 0 saturated carbocycles. The minimum absolute atomic E-state index is 0.148. The molecule has 6 heteroatoms. The molecule has 0 spiro atoms. The van der Waals surface area contributed by atoms with Crippen molar-refractivity contribution < 1.29 is 14.3 Å². The average Bonchev–Trinajstić information content (AvgIpc) is 2.47. The summed E-state index contributed by atoms with van der Waals surface area (Å²) < 4.78 is 5.01. The van der Waals surface area contributed by atoms with Gasteiger partial charge in [0.2, 0.25) is 0 Å². The Bertz CT molecular complexity index is 741. The van der Waals surface area contributed by atoms with Crippen LogP contribution in [0.25, 0.3) is 11.0 Å². The molecule has 0 atom stereocenters. The summed E-state index contributed by atoms with van der Waals surface area (Å²) in [6.07, 6.45) is -0.000689. The fraction of sp³-hybridized carbons (Fsp3) is 0.412. The van der Waals surface area contributed by atoms with Gasteiger partial charge < -0.3 is 10.1 Å². The van der Waals surface area contributed by atoms with Crippen molar-refractivity contribution in [2.75, 3.05) is 6.54 Å². The number of ether oxygens (including phenoxy) is 1. The molecule has 0 aliphatic carbocycles. The number of rotatable bonds is 5. The maximum absolute atomic E-state index is 12.1. The number of nitrogens with zero attached hydrogens (tertiary/aromatic N) is 2. The van der Waals surface area contributed by atoms with Gasteiger partial charge in [0.25, 0.3) is 5.91 Å². The van der Waals surface area contributed by atoms with Crippen LogP contribution in [-0.4, -0.2) is 34.5 Å². The quantitative estimate of drug-likeness (QED) is 0.856. The lowest BCUT2D eigenvalue weighted by Crippen LogP contribution is -2.27. The van der Waals surface area contributed by atoms with Crippen LogP contribution in [0.15, 0.2) is 18.2 Å². The predicted octanol–water partition coefficient (Wildman–Crippen LogP) is 2.32. The van der Waals surface area contributed by atoms with Crippen molar-refractivity contribution in [3.8, 4) is 0 Å². The molecule has 1 aromatic heterocycles. The Balaban J connectivity index is 2.01. The Kier molecular flexibility index (Phi) is 5.26. The molecule has 0 bridgehead atoms. The first-order valence-electron chi connectivity index (χ1n) is 7.59. The lowest BCUT2D eigenvalue weighted by Gasteiger charge is -2.09. The Morgan fingerprint density at radius 2 is 1.78 bits per heavy atom. The summed E-state index contributed by atoms with van der Waals surface area (Å²) in [5.74, 6) is -0.569. The fourth-order valence-electron chi connectivity index (χ4n) is 2.07. The SMILES string of the molecule is Cc1nc2ccc(C(=O)NCCC(=O)OC(C)C)cc2nc1C. The van der Waals surface area contributed by atoms with Gasteiger partial charge in [-0.25, -0.2) is 9.97 Å². The normalized spacial score (nSPS) is 10.8. The molecule has 0 aliphatic heterocycles. The van der Waals surface area contributed by atoms with Gasteiger partial charge in [0, 0.05) is 12.1 Å². The number of amides is 1. The largest absolute Gasteiger partial charge is 0.463 e. The molecule has 0 unspecified atom stereocenters. The minimum atomic E-state index is -0.323. The molecule has 0 saturated heterocycles. The monoisotopic (exact) mass is 315 g/mol. The van der Waals surface area contributed by atoms with Gasteiger partial charge in [-0.3, -0.25) is 9.59 Å². The molecule has 23 heavy (non-hydrogen) atoms. The number of fused-ring (bicyclic) bond motifs is 1. The zero-order chi connectivity index (χ0) is 17.0. The van der Waals surface area contributed by atoms with E-state index in [0.29, 0.717) is 11.1 Å². The summed E-state index contributed by atoms with van der Waals surface area (Å²) >= 11 is 0. The first-order chi connectivity index (χ1) is 10.9. The van der Waals surface area contributed by atoms with Gasteiger partial charge in [-0.15, -0.1) is 0 Å². The molecule has 0 fully saturated rings. The van der Waals surface area contributed by atoms with Crippen molar-refractivity contribution >= 4 is 22.9 Å². The smallest absolute Gasteiger partial charge is 0.307 e. The predicted molar refractivity (Wildman–Crippen MR) is 87.2 cm³/mol. The molecule has 0 radical (unpaired) electrons. The summed E-state index contributed by atoms with van der Waals surface area (Å²) in [4.78, 5) is 32.4. The van der Waals surface area contributed by atoms with E-state index in [0.717, 1.165) is 16.9 Å². The third-order valence-corrected chi connectivity index (χ3v) is 3.32. The van der Waals surface area contributed by atoms with Crippen LogP contribution in [0.3, 0.4) is 0 Å². The minimum Gasteiger partial charge on any atom is -0.463 e. The summed E-state index contributed by atoms with van der Waals surface area (Å²) in [6, 6.07) is 5.18. The highest BCUT2D eigenvalue weighted by Crippen LogP contribution is 2.14. The van der Waals surface area contributed by atoms with E-state index in [4.69, 9.17) is 4.74 Å². The van der Waals surface area contributed by atoms with Crippen LogP contribution in [0, 0.1) is 13.8 Å². The van der Waals surface area contributed by atoms with Gasteiger partial charge >= 0.3 is 5.97 Å². The highest BCUT2D eigenvalue weighted by atomic mass is 16.5. The van der Waals surface area contributed by atoms with Gasteiger partial charge in [0.1, 0.15) is 0 Å².